The Labute approximate surface area is 176 Å². The van der Waals surface area contributed by atoms with Crippen molar-refractivity contribution in [3.63, 3.8) is 0 Å². The van der Waals surface area contributed by atoms with Gasteiger partial charge in [0.25, 0.3) is 13.7 Å². The van der Waals surface area contributed by atoms with Crippen LogP contribution in [0.5, 0.6) is 0 Å². The first-order chi connectivity index (χ1) is 11.3. The summed E-state index contributed by atoms with van der Waals surface area (Å²) in [5.41, 5.74) is 0. The number of ether oxygens (including phenoxy) is 1. The maximum Gasteiger partial charge on any atom is 1.00 e. The third-order valence-electron chi connectivity index (χ3n) is 3.85. The predicted octanol–water partition coefficient (Wildman–Crippen LogP) is -5.97. The zero-order valence-corrected chi connectivity index (χ0v) is 17.6. The predicted molar refractivity (Wildman–Crippen MR) is 82.0 cm³/mol. The van der Waals surface area contributed by atoms with E-state index in [0.29, 0.717) is 0 Å². The average Bonchev–Trinajstić information content (AvgIpc) is 2.96. The summed E-state index contributed by atoms with van der Waals surface area (Å²) in [4.78, 5) is 32.6. The van der Waals surface area contributed by atoms with Crippen LogP contribution in [0.15, 0.2) is 9.98 Å². The maximum atomic E-state index is 11.9. The van der Waals surface area contributed by atoms with Crippen molar-refractivity contribution < 1.29 is 68.2 Å². The van der Waals surface area contributed by atoms with Crippen LogP contribution in [0.2, 0.25) is 0 Å². The number of hydrogen-bond acceptors (Lipinski definition) is 10. The van der Waals surface area contributed by atoms with E-state index in [1.54, 1.807) is 0 Å². The Morgan fingerprint density at radius 2 is 2.19 bits per heavy atom. The molecule has 13 nitrogen and oxygen atoms in total. The number of nitrogens with zero attached hydrogens (tertiary/aromatic N) is 3. The number of guanidine groups is 1. The number of nitrogens with one attached hydrogen (secondary N) is 2. The molecule has 0 spiro atoms. The van der Waals surface area contributed by atoms with Gasteiger partial charge in [0.05, 0.1) is 6.61 Å². The van der Waals surface area contributed by atoms with Crippen LogP contribution >= 0.6 is 23.8 Å². The Bertz CT molecular complexity index is 751. The van der Waals surface area contributed by atoms with E-state index in [9.17, 15) is 19.4 Å². The van der Waals surface area contributed by atoms with Crippen molar-refractivity contribution >= 4 is 46.2 Å². The van der Waals surface area contributed by atoms with Crippen LogP contribution in [0.1, 0.15) is 0 Å². The summed E-state index contributed by atoms with van der Waals surface area (Å²) in [6, 6.07) is -0.991. The summed E-state index contributed by atoms with van der Waals surface area (Å²) in [5.74, 6) is -0.829. The zero-order chi connectivity index (χ0) is 17.2. The normalized spacial score (nSPS) is 41.2. The Kier molecular flexibility index (Phi) is 6.48. The molecule has 4 rings (SSSR count). The van der Waals surface area contributed by atoms with E-state index in [4.69, 9.17) is 14.7 Å². The minimum Gasteiger partial charge on any atom is -0.756 e. The number of amidine groups is 2. The second-order valence-electron chi connectivity index (χ2n) is 5.35. The van der Waals surface area contributed by atoms with E-state index >= 15 is 0 Å². The first-order valence-corrected chi connectivity index (χ1v) is 9.00. The molecule has 0 saturated carbocycles. The Morgan fingerprint density at radius 3 is 2.88 bits per heavy atom. The first kappa shape index (κ1) is 22.0. The molecule has 16 heteroatoms. The van der Waals surface area contributed by atoms with Crippen LogP contribution in [0.4, 0.5) is 0 Å². The molecule has 0 radical (unpaired) electrons. The van der Waals surface area contributed by atoms with Gasteiger partial charge in [-0.15, -0.1) is 0 Å². The van der Waals surface area contributed by atoms with Gasteiger partial charge in [0, 0.05) is 0 Å². The fourth-order valence-electron chi connectivity index (χ4n) is 2.85. The van der Waals surface area contributed by atoms with E-state index in [-0.39, 0.29) is 58.2 Å². The number of carbonyl (C=O) groups is 1. The number of fused-ring (bicyclic) bond motifs is 2. The third kappa shape index (κ3) is 3.56. The smallest absolute Gasteiger partial charge is 0.756 e. The molecule has 0 aromatic rings. The van der Waals surface area contributed by atoms with Crippen LogP contribution in [-0.2, 0) is 23.1 Å². The molecule has 4 aliphatic rings. The van der Waals surface area contributed by atoms with E-state index in [2.05, 4.69) is 35.8 Å². The second kappa shape index (κ2) is 7.64. The molecule has 138 valence electrons. The Hall–Kier alpha value is -0.250. The zero-order valence-electron chi connectivity index (χ0n) is 13.2. The fourth-order valence-corrected chi connectivity index (χ4v) is 4.39. The molecular weight excluding hydrogens is 452 g/mol. The molecule has 0 aromatic heterocycles. The van der Waals surface area contributed by atoms with Crippen LogP contribution in [0, 0.1) is 5.41 Å². The van der Waals surface area contributed by atoms with Gasteiger partial charge in [-0.1, -0.05) is 0 Å². The second-order valence-corrected chi connectivity index (χ2v) is 7.42. The van der Waals surface area contributed by atoms with E-state index < -0.39 is 44.3 Å². The average molecular weight is 464 g/mol. The van der Waals surface area contributed by atoms with E-state index in [0.717, 1.165) is 0 Å². The van der Waals surface area contributed by atoms with Crippen molar-refractivity contribution in [3.05, 3.63) is 0 Å². The first-order valence-electron chi connectivity index (χ1n) is 6.75. The number of hydrogen-bond donors (Lipinski definition) is 3. The van der Waals surface area contributed by atoms with Crippen LogP contribution in [-0.4, -0.2) is 75.1 Å². The molecule has 0 bridgehead atoms. The van der Waals surface area contributed by atoms with Gasteiger partial charge in [0.1, 0.15) is 18.3 Å². The molecule has 0 aliphatic carbocycles. The summed E-state index contributed by atoms with van der Waals surface area (Å²) in [5, 5.41) is 20.2. The summed E-state index contributed by atoms with van der Waals surface area (Å²) >= 11 is 3.17. The summed E-state index contributed by atoms with van der Waals surface area (Å²) < 4.78 is 26.5. The molecule has 2 saturated heterocycles. The number of halogens is 1. The number of aliphatic hydroxyl groups excluding tert-OH is 1. The molecular formula is C10H12BrN5NaO8P. The van der Waals surface area contributed by atoms with Crippen molar-refractivity contribution in [1.29, 1.82) is 5.41 Å². The molecule has 4 aliphatic heterocycles. The molecule has 6 atom stereocenters. The Balaban J connectivity index is 0.00000121. The van der Waals surface area contributed by atoms with Crippen LogP contribution in [0.3, 0.4) is 0 Å². The van der Waals surface area contributed by atoms with E-state index in [1.807, 2.05) is 0 Å². The molecule has 0 aromatic carbocycles. The number of phosphoric ester groups is 1. The number of amides is 1. The maximum absolute atomic E-state index is 11.9. The molecule has 1 amide bonds. The molecule has 26 heavy (non-hydrogen) atoms. The monoisotopic (exact) mass is 463 g/mol. The van der Waals surface area contributed by atoms with Crippen molar-refractivity contribution in [2.24, 2.45) is 9.98 Å². The number of rotatable bonds is 1. The summed E-state index contributed by atoms with van der Waals surface area (Å²) in [6.07, 6.45) is -4.45. The molecule has 4 heterocycles. The molecule has 2 fully saturated rings. The van der Waals surface area contributed by atoms with Gasteiger partial charge in [0.2, 0.25) is 5.96 Å². The van der Waals surface area contributed by atoms with Gasteiger partial charge in [-0.3, -0.25) is 25.0 Å². The van der Waals surface area contributed by atoms with Gasteiger partial charge in [-0.05, 0) is 15.9 Å². The van der Waals surface area contributed by atoms with Gasteiger partial charge in [0.15, 0.2) is 22.9 Å². The van der Waals surface area contributed by atoms with Gasteiger partial charge in [-0.2, -0.15) is 4.99 Å². The number of aliphatic imine (C=N–C) groups is 2. The number of carbonyl (C=O) groups excluding carboxylic acids is 1. The fraction of sp³-hybridized carbons (Fsp3) is 0.600. The molecule has 5 N–H and O–H groups in total. The van der Waals surface area contributed by atoms with Gasteiger partial charge in [-0.25, -0.2) is 4.99 Å². The summed E-state index contributed by atoms with van der Waals surface area (Å²) in [7, 11) is -4.49. The number of aliphatic hydroxyl groups is 1. The Morgan fingerprint density at radius 1 is 1.50 bits per heavy atom. The van der Waals surface area contributed by atoms with Crippen LogP contribution < -0.4 is 39.8 Å². The van der Waals surface area contributed by atoms with Crippen molar-refractivity contribution in [1.82, 2.24) is 10.2 Å². The molecule has 2 unspecified atom stereocenters. The number of phosphoric acid groups is 1. The topological polar surface area (TPSA) is 200 Å². The SMILES string of the molecule is N=C1N=C2C(N=C(Br)N2[C@@H]2O[C@@H]3COP(=O)([O-])O[C@H]3[C@H]2O)C(=O)N1.O.[Na+]. The standard InChI is InChI=1S/C10H11BrN5O7P.Na.H2O/c11-9-13-3-6(14-10(12)15-7(3)18)16(9)8-4(17)5-2(22-8)1-21-24(19,20)23-5;;/h2-5,8,17H,1H2,(H,19,20)(H2,12,15,18);;1H2/q;+1;/p-1/t2-,3?,4-,5-,8-;;/m1../s1. The van der Waals surface area contributed by atoms with Crippen molar-refractivity contribution in [2.45, 2.75) is 30.6 Å². The van der Waals surface area contributed by atoms with Crippen LogP contribution in [0.25, 0.3) is 0 Å². The van der Waals surface area contributed by atoms with Gasteiger partial charge >= 0.3 is 29.6 Å². The van der Waals surface area contributed by atoms with Gasteiger partial charge < -0.3 is 29.3 Å². The quantitative estimate of drug-likeness (QED) is 0.193. The van der Waals surface area contributed by atoms with Crippen molar-refractivity contribution in [2.75, 3.05) is 6.61 Å². The minimum atomic E-state index is -4.49. The van der Waals surface area contributed by atoms with E-state index in [1.165, 1.54) is 4.90 Å². The van der Waals surface area contributed by atoms with Crippen molar-refractivity contribution in [3.8, 4) is 0 Å². The largest absolute Gasteiger partial charge is 1.00 e. The third-order valence-corrected chi connectivity index (χ3v) is 5.41. The minimum absolute atomic E-state index is 0. The summed E-state index contributed by atoms with van der Waals surface area (Å²) in [6.45, 7) is -0.298.